The number of hydrogen-bond donors (Lipinski definition) is 1. The maximum Gasteiger partial charge on any atom is 0.274 e. The number of furan rings is 1. The fraction of sp³-hybridized carbons (Fsp3) is 0.400. The molecular formula is C15H18N4O4. The highest BCUT2D eigenvalue weighted by Gasteiger charge is 2.26. The molecule has 8 nitrogen and oxygen atoms in total. The lowest BCUT2D eigenvalue weighted by atomic mass is 10.2. The molecule has 23 heavy (non-hydrogen) atoms. The molecule has 0 spiro atoms. The smallest absolute Gasteiger partial charge is 0.274 e. The largest absolute Gasteiger partial charge is 0.463 e. The van der Waals surface area contributed by atoms with E-state index < -0.39 is 0 Å². The van der Waals surface area contributed by atoms with Crippen molar-refractivity contribution in [2.75, 3.05) is 39.9 Å². The van der Waals surface area contributed by atoms with E-state index in [1.165, 1.54) is 7.11 Å². The second kappa shape index (κ2) is 6.66. The minimum atomic E-state index is -0.155. The zero-order valence-electron chi connectivity index (χ0n) is 12.8. The summed E-state index contributed by atoms with van der Waals surface area (Å²) < 4.78 is 10.1. The highest BCUT2D eigenvalue weighted by molar-refractivity contribution is 5.93. The van der Waals surface area contributed by atoms with Gasteiger partial charge in [-0.05, 0) is 12.1 Å². The van der Waals surface area contributed by atoms with Crippen molar-refractivity contribution >= 4 is 11.8 Å². The first-order valence-electron chi connectivity index (χ1n) is 7.34. The van der Waals surface area contributed by atoms with Crippen molar-refractivity contribution in [3.63, 3.8) is 0 Å². The highest BCUT2D eigenvalue weighted by atomic mass is 16.5. The molecule has 1 aliphatic rings. The molecule has 0 unspecified atom stereocenters. The molecule has 0 saturated carbocycles. The molecule has 122 valence electrons. The molecule has 0 bridgehead atoms. The lowest BCUT2D eigenvalue weighted by Gasteiger charge is -2.34. The van der Waals surface area contributed by atoms with Crippen LogP contribution in [0.15, 0.2) is 28.9 Å². The number of carbonyl (C=O) groups is 2. The van der Waals surface area contributed by atoms with Crippen molar-refractivity contribution in [1.29, 1.82) is 0 Å². The summed E-state index contributed by atoms with van der Waals surface area (Å²) in [5.41, 5.74) is 1.00. The summed E-state index contributed by atoms with van der Waals surface area (Å²) in [4.78, 5) is 27.6. The minimum absolute atomic E-state index is 0.0560. The summed E-state index contributed by atoms with van der Waals surface area (Å²) in [6, 6.07) is 5.24. The third-order valence-corrected chi connectivity index (χ3v) is 3.77. The van der Waals surface area contributed by atoms with Crippen LogP contribution in [0.1, 0.15) is 10.5 Å². The van der Waals surface area contributed by atoms with Crippen LogP contribution < -0.4 is 0 Å². The number of nitrogens with zero attached hydrogens (tertiary/aromatic N) is 3. The van der Waals surface area contributed by atoms with Gasteiger partial charge in [0.25, 0.3) is 5.91 Å². The number of methoxy groups -OCH3 is 1. The normalized spacial score (nSPS) is 15.0. The third kappa shape index (κ3) is 3.26. The first kappa shape index (κ1) is 15.3. The highest BCUT2D eigenvalue weighted by Crippen LogP contribution is 2.18. The number of carbonyl (C=O) groups excluding carboxylic acids is 2. The molecule has 0 radical (unpaired) electrons. The van der Waals surface area contributed by atoms with E-state index >= 15 is 0 Å². The summed E-state index contributed by atoms with van der Waals surface area (Å²) >= 11 is 0. The predicted molar refractivity (Wildman–Crippen MR) is 80.6 cm³/mol. The summed E-state index contributed by atoms with van der Waals surface area (Å²) in [7, 11) is 1.49. The van der Waals surface area contributed by atoms with Gasteiger partial charge < -0.3 is 19.0 Å². The average Bonchev–Trinajstić information content (AvgIpc) is 3.25. The van der Waals surface area contributed by atoms with Crippen molar-refractivity contribution < 1.29 is 18.7 Å². The lowest BCUT2D eigenvalue weighted by Crippen LogP contribution is -2.51. The van der Waals surface area contributed by atoms with Gasteiger partial charge in [-0.1, -0.05) is 0 Å². The van der Waals surface area contributed by atoms with E-state index in [1.54, 1.807) is 34.3 Å². The molecule has 0 aliphatic carbocycles. The Morgan fingerprint density at radius 2 is 2.04 bits per heavy atom. The summed E-state index contributed by atoms with van der Waals surface area (Å²) in [5.74, 6) is 0.420. The van der Waals surface area contributed by atoms with Crippen LogP contribution in [0, 0.1) is 0 Å². The van der Waals surface area contributed by atoms with Crippen LogP contribution in [0.2, 0.25) is 0 Å². The van der Waals surface area contributed by atoms with Crippen LogP contribution >= 0.6 is 0 Å². The van der Waals surface area contributed by atoms with Gasteiger partial charge in [-0.25, -0.2) is 0 Å². The Bertz CT molecular complexity index is 671. The molecule has 1 N–H and O–H groups in total. The topological polar surface area (TPSA) is 91.7 Å². The maximum absolute atomic E-state index is 12.5. The summed E-state index contributed by atoms with van der Waals surface area (Å²) in [6.45, 7) is 2.04. The average molecular weight is 318 g/mol. The Morgan fingerprint density at radius 3 is 2.70 bits per heavy atom. The van der Waals surface area contributed by atoms with Gasteiger partial charge in [0.2, 0.25) is 5.91 Å². The van der Waals surface area contributed by atoms with Crippen LogP contribution in [0.3, 0.4) is 0 Å². The molecular weight excluding hydrogens is 300 g/mol. The van der Waals surface area contributed by atoms with E-state index in [1.807, 2.05) is 0 Å². The molecule has 1 fully saturated rings. The molecule has 0 aromatic carbocycles. The predicted octanol–water partition coefficient (Wildman–Crippen LogP) is 0.600. The minimum Gasteiger partial charge on any atom is -0.463 e. The van der Waals surface area contributed by atoms with Crippen molar-refractivity contribution in [3.8, 4) is 11.5 Å². The standard InChI is InChI=1S/C15H18N4O4/c1-22-10-14(20)18-4-6-19(7-5-18)15(21)12-9-11(16-17-12)13-3-2-8-23-13/h2-3,8-9H,4-7,10H2,1H3,(H,16,17). The van der Waals surface area contributed by atoms with E-state index in [0.29, 0.717) is 43.3 Å². The van der Waals surface area contributed by atoms with E-state index in [9.17, 15) is 9.59 Å². The Morgan fingerprint density at radius 1 is 1.30 bits per heavy atom. The van der Waals surface area contributed by atoms with Gasteiger partial charge in [0, 0.05) is 39.4 Å². The van der Waals surface area contributed by atoms with Crippen LogP contribution in [0.4, 0.5) is 0 Å². The quantitative estimate of drug-likeness (QED) is 0.891. The second-order valence-electron chi connectivity index (χ2n) is 5.25. The number of nitrogens with one attached hydrogen (secondary N) is 1. The molecule has 2 amide bonds. The molecule has 1 saturated heterocycles. The fourth-order valence-electron chi connectivity index (χ4n) is 2.53. The molecule has 8 heteroatoms. The summed E-state index contributed by atoms with van der Waals surface area (Å²) in [5, 5.41) is 6.85. The zero-order valence-corrected chi connectivity index (χ0v) is 12.8. The Labute approximate surface area is 133 Å². The molecule has 2 aromatic heterocycles. The van der Waals surface area contributed by atoms with Crippen LogP contribution in [0.25, 0.3) is 11.5 Å². The monoisotopic (exact) mass is 318 g/mol. The summed E-state index contributed by atoms with van der Waals surface area (Å²) in [6.07, 6.45) is 1.56. The van der Waals surface area contributed by atoms with E-state index in [4.69, 9.17) is 9.15 Å². The number of ether oxygens (including phenoxy) is 1. The van der Waals surface area contributed by atoms with E-state index in [0.717, 1.165) is 0 Å². The number of hydrogen-bond acceptors (Lipinski definition) is 5. The first-order chi connectivity index (χ1) is 11.2. The number of amides is 2. The number of aromatic nitrogens is 2. The van der Waals surface area contributed by atoms with E-state index in [2.05, 4.69) is 10.2 Å². The van der Waals surface area contributed by atoms with Gasteiger partial charge in [-0.2, -0.15) is 5.10 Å². The number of aromatic amines is 1. The van der Waals surface area contributed by atoms with Crippen LogP contribution in [-0.4, -0.2) is 71.7 Å². The molecule has 2 aromatic rings. The van der Waals surface area contributed by atoms with Gasteiger partial charge >= 0.3 is 0 Å². The lowest BCUT2D eigenvalue weighted by molar-refractivity contribution is -0.136. The van der Waals surface area contributed by atoms with Gasteiger partial charge in [0.05, 0.1) is 6.26 Å². The van der Waals surface area contributed by atoms with Gasteiger partial charge in [0.15, 0.2) is 11.5 Å². The van der Waals surface area contributed by atoms with E-state index in [-0.39, 0.29) is 18.4 Å². The van der Waals surface area contributed by atoms with Crippen molar-refractivity contribution in [2.24, 2.45) is 0 Å². The van der Waals surface area contributed by atoms with Gasteiger partial charge in [0.1, 0.15) is 12.3 Å². The number of H-pyrrole nitrogens is 1. The van der Waals surface area contributed by atoms with Crippen molar-refractivity contribution in [2.45, 2.75) is 0 Å². The van der Waals surface area contributed by atoms with Crippen LogP contribution in [-0.2, 0) is 9.53 Å². The zero-order chi connectivity index (χ0) is 16.2. The maximum atomic E-state index is 12.5. The molecule has 1 aliphatic heterocycles. The second-order valence-corrected chi connectivity index (χ2v) is 5.25. The fourth-order valence-corrected chi connectivity index (χ4v) is 2.53. The number of piperazine rings is 1. The molecule has 0 atom stereocenters. The number of rotatable bonds is 4. The Kier molecular flexibility index (Phi) is 4.42. The first-order valence-corrected chi connectivity index (χ1v) is 7.34. The van der Waals surface area contributed by atoms with Crippen molar-refractivity contribution in [1.82, 2.24) is 20.0 Å². The van der Waals surface area contributed by atoms with Crippen molar-refractivity contribution in [3.05, 3.63) is 30.2 Å². The molecule has 3 rings (SSSR count). The molecule has 3 heterocycles. The van der Waals surface area contributed by atoms with Gasteiger partial charge in [-0.15, -0.1) is 0 Å². The van der Waals surface area contributed by atoms with Gasteiger partial charge in [-0.3, -0.25) is 14.7 Å². The Balaban J connectivity index is 1.60. The third-order valence-electron chi connectivity index (χ3n) is 3.77. The Hall–Kier alpha value is -2.61. The van der Waals surface area contributed by atoms with Crippen LogP contribution in [0.5, 0.6) is 0 Å². The SMILES string of the molecule is COCC(=O)N1CCN(C(=O)c2cc(-c3ccco3)[nH]n2)CC1.